The van der Waals surface area contributed by atoms with Crippen LogP contribution < -0.4 is 11.1 Å². The minimum atomic E-state index is 0.404. The van der Waals surface area contributed by atoms with Gasteiger partial charge in [-0.1, -0.05) is 22.0 Å². The molecule has 20 heavy (non-hydrogen) atoms. The van der Waals surface area contributed by atoms with E-state index in [0.29, 0.717) is 19.0 Å². The quantitative estimate of drug-likeness (QED) is 0.501. The van der Waals surface area contributed by atoms with Gasteiger partial charge in [0.05, 0.1) is 11.0 Å². The van der Waals surface area contributed by atoms with Crippen LogP contribution in [0.4, 0.5) is 0 Å². The molecule has 0 saturated heterocycles. The maximum absolute atomic E-state index is 5.76. The van der Waals surface area contributed by atoms with Crippen molar-refractivity contribution in [3.05, 3.63) is 41.2 Å². The van der Waals surface area contributed by atoms with Crippen molar-refractivity contribution in [2.24, 2.45) is 10.7 Å². The number of aryl methyl sites for hydroxylation is 1. The third-order valence-corrected chi connectivity index (χ3v) is 3.42. The minimum Gasteiger partial charge on any atom is -0.370 e. The molecule has 1 aromatic carbocycles. The smallest absolute Gasteiger partial charge is 0.189 e. The van der Waals surface area contributed by atoms with Crippen molar-refractivity contribution in [3.63, 3.8) is 0 Å². The molecule has 0 atom stereocenters. The van der Waals surface area contributed by atoms with Gasteiger partial charge in [0.15, 0.2) is 5.96 Å². The molecule has 0 fully saturated rings. The largest absolute Gasteiger partial charge is 0.370 e. The molecule has 0 aliphatic heterocycles. The molecule has 0 aliphatic carbocycles. The van der Waals surface area contributed by atoms with E-state index in [1.165, 1.54) is 0 Å². The lowest BCUT2D eigenvalue weighted by molar-refractivity contribution is 0.717. The molecule has 2 aromatic rings. The van der Waals surface area contributed by atoms with Gasteiger partial charge < -0.3 is 15.6 Å². The fraction of sp³-hybridized carbons (Fsp3) is 0.286. The Kier molecular flexibility index (Phi) is 4.79. The predicted octanol–water partition coefficient (Wildman–Crippen LogP) is 2.41. The van der Waals surface area contributed by atoms with E-state index in [9.17, 15) is 0 Å². The highest BCUT2D eigenvalue weighted by atomic mass is 79.9. The second-order valence-corrected chi connectivity index (χ2v) is 5.19. The molecule has 0 amide bonds. The number of fused-ring (bicyclic) bond motifs is 1. The molecule has 106 valence electrons. The van der Waals surface area contributed by atoms with Crippen molar-refractivity contribution in [1.29, 1.82) is 0 Å². The van der Waals surface area contributed by atoms with Crippen LogP contribution in [0.25, 0.3) is 11.0 Å². The Morgan fingerprint density at radius 1 is 1.60 bits per heavy atom. The average molecular weight is 336 g/mol. The van der Waals surface area contributed by atoms with Gasteiger partial charge in [-0.3, -0.25) is 0 Å². The number of imidazole rings is 1. The first-order valence-corrected chi connectivity index (χ1v) is 7.24. The third-order valence-electron chi connectivity index (χ3n) is 2.92. The van der Waals surface area contributed by atoms with E-state index in [1.54, 1.807) is 6.08 Å². The Labute approximate surface area is 126 Å². The standard InChI is InChI=1S/C14H18BrN5/c1-3-7-17-14(16)18-9-13-19-11-8-10(15)5-6-12(11)20(13)4-2/h3,5-6,8H,1,4,7,9H2,2H3,(H3,16,17,18). The number of nitrogens with one attached hydrogen (secondary N) is 1. The van der Waals surface area contributed by atoms with E-state index in [0.717, 1.165) is 27.9 Å². The highest BCUT2D eigenvalue weighted by Gasteiger charge is 2.09. The fourth-order valence-electron chi connectivity index (χ4n) is 2.01. The number of hydrogen-bond acceptors (Lipinski definition) is 2. The summed E-state index contributed by atoms with van der Waals surface area (Å²) in [5.74, 6) is 1.31. The molecule has 0 saturated carbocycles. The summed E-state index contributed by atoms with van der Waals surface area (Å²) in [5, 5.41) is 2.95. The first-order chi connectivity index (χ1) is 9.65. The average Bonchev–Trinajstić information content (AvgIpc) is 2.79. The van der Waals surface area contributed by atoms with Gasteiger partial charge in [-0.2, -0.15) is 0 Å². The van der Waals surface area contributed by atoms with Crippen LogP contribution in [0.1, 0.15) is 12.7 Å². The van der Waals surface area contributed by atoms with Crippen molar-refractivity contribution in [2.45, 2.75) is 20.0 Å². The molecule has 5 nitrogen and oxygen atoms in total. The van der Waals surface area contributed by atoms with Gasteiger partial charge in [-0.25, -0.2) is 9.98 Å². The summed E-state index contributed by atoms with van der Waals surface area (Å²) in [7, 11) is 0. The maximum Gasteiger partial charge on any atom is 0.189 e. The van der Waals surface area contributed by atoms with Gasteiger partial charge in [0.2, 0.25) is 0 Å². The molecule has 3 N–H and O–H groups in total. The van der Waals surface area contributed by atoms with Gasteiger partial charge in [0.25, 0.3) is 0 Å². The predicted molar refractivity (Wildman–Crippen MR) is 86.6 cm³/mol. The third kappa shape index (κ3) is 3.19. The first kappa shape index (κ1) is 14.6. The van der Waals surface area contributed by atoms with Crippen LogP contribution in [0, 0.1) is 0 Å². The molecule has 0 aliphatic rings. The van der Waals surface area contributed by atoms with Crippen molar-refractivity contribution in [1.82, 2.24) is 14.9 Å². The Balaban J connectivity index is 2.27. The lowest BCUT2D eigenvalue weighted by Gasteiger charge is -2.05. The molecular formula is C14H18BrN5. The van der Waals surface area contributed by atoms with Crippen LogP contribution in [-0.2, 0) is 13.1 Å². The molecule has 0 spiro atoms. The van der Waals surface area contributed by atoms with E-state index in [4.69, 9.17) is 5.73 Å². The summed E-state index contributed by atoms with van der Waals surface area (Å²) >= 11 is 3.46. The van der Waals surface area contributed by atoms with Crippen LogP contribution in [-0.4, -0.2) is 22.1 Å². The Morgan fingerprint density at radius 3 is 3.10 bits per heavy atom. The van der Waals surface area contributed by atoms with Gasteiger partial charge in [-0.05, 0) is 25.1 Å². The second kappa shape index (κ2) is 6.56. The zero-order valence-corrected chi connectivity index (χ0v) is 13.0. The van der Waals surface area contributed by atoms with Crippen LogP contribution in [0.3, 0.4) is 0 Å². The SMILES string of the molecule is C=CCNC(N)=NCc1nc2cc(Br)ccc2n1CC. The monoisotopic (exact) mass is 335 g/mol. The van der Waals surface area contributed by atoms with Crippen molar-refractivity contribution in [2.75, 3.05) is 6.54 Å². The summed E-state index contributed by atoms with van der Waals surface area (Å²) in [4.78, 5) is 8.92. The Bertz CT molecular complexity index is 644. The van der Waals surface area contributed by atoms with E-state index < -0.39 is 0 Å². The molecule has 0 unspecified atom stereocenters. The van der Waals surface area contributed by atoms with Crippen LogP contribution >= 0.6 is 15.9 Å². The zero-order chi connectivity index (χ0) is 14.5. The van der Waals surface area contributed by atoms with E-state index in [2.05, 4.69) is 55.4 Å². The molecule has 2 rings (SSSR count). The summed E-state index contributed by atoms with van der Waals surface area (Å²) in [6.07, 6.45) is 1.74. The molecule has 6 heteroatoms. The van der Waals surface area contributed by atoms with Crippen LogP contribution in [0.15, 0.2) is 40.3 Å². The van der Waals surface area contributed by atoms with E-state index >= 15 is 0 Å². The minimum absolute atomic E-state index is 0.404. The number of nitrogens with two attached hydrogens (primary N) is 1. The van der Waals surface area contributed by atoms with Gasteiger partial charge in [-0.15, -0.1) is 6.58 Å². The summed E-state index contributed by atoms with van der Waals surface area (Å²) in [6.45, 7) is 7.62. The summed E-state index contributed by atoms with van der Waals surface area (Å²) in [5.41, 5.74) is 7.84. The number of hydrogen-bond donors (Lipinski definition) is 2. The Morgan fingerprint density at radius 2 is 2.40 bits per heavy atom. The lowest BCUT2D eigenvalue weighted by Crippen LogP contribution is -2.31. The summed E-state index contributed by atoms with van der Waals surface area (Å²) in [6, 6.07) is 6.08. The highest BCUT2D eigenvalue weighted by molar-refractivity contribution is 9.10. The number of aromatic nitrogens is 2. The fourth-order valence-corrected chi connectivity index (χ4v) is 2.36. The molecule has 1 heterocycles. The number of benzene rings is 1. The molecule has 0 radical (unpaired) electrons. The van der Waals surface area contributed by atoms with E-state index in [-0.39, 0.29) is 0 Å². The van der Waals surface area contributed by atoms with Crippen molar-refractivity contribution < 1.29 is 0 Å². The highest BCUT2D eigenvalue weighted by Crippen LogP contribution is 2.21. The van der Waals surface area contributed by atoms with Gasteiger partial charge >= 0.3 is 0 Å². The van der Waals surface area contributed by atoms with Gasteiger partial charge in [0.1, 0.15) is 12.4 Å². The van der Waals surface area contributed by atoms with Gasteiger partial charge in [0, 0.05) is 17.6 Å². The number of halogens is 1. The maximum atomic E-state index is 5.76. The number of rotatable bonds is 5. The van der Waals surface area contributed by atoms with Crippen molar-refractivity contribution in [3.8, 4) is 0 Å². The lowest BCUT2D eigenvalue weighted by atomic mass is 10.3. The number of nitrogens with zero attached hydrogens (tertiary/aromatic N) is 3. The van der Waals surface area contributed by atoms with Crippen LogP contribution in [0.2, 0.25) is 0 Å². The van der Waals surface area contributed by atoms with Crippen molar-refractivity contribution >= 4 is 32.9 Å². The van der Waals surface area contributed by atoms with E-state index in [1.807, 2.05) is 12.1 Å². The second-order valence-electron chi connectivity index (χ2n) is 4.28. The normalized spacial score (nSPS) is 11.8. The molecular weight excluding hydrogens is 318 g/mol. The first-order valence-electron chi connectivity index (χ1n) is 6.45. The molecule has 1 aromatic heterocycles. The number of aliphatic imine (C=N–C) groups is 1. The zero-order valence-electron chi connectivity index (χ0n) is 11.4. The Hall–Kier alpha value is -1.82. The van der Waals surface area contributed by atoms with Crippen LogP contribution in [0.5, 0.6) is 0 Å². The molecule has 0 bridgehead atoms. The topological polar surface area (TPSA) is 68.2 Å². The summed E-state index contributed by atoms with van der Waals surface area (Å²) < 4.78 is 3.17. The number of guanidine groups is 1.